The summed E-state index contributed by atoms with van der Waals surface area (Å²) in [6.07, 6.45) is 4.76. The monoisotopic (exact) mass is 408 g/mol. The molecular formula is C19H23ClN3O3S+. The summed E-state index contributed by atoms with van der Waals surface area (Å²) in [5.74, 6) is -0.00668. The molecule has 0 radical (unpaired) electrons. The fourth-order valence-electron chi connectivity index (χ4n) is 3.02. The van der Waals surface area contributed by atoms with E-state index in [-0.39, 0.29) is 30.4 Å². The SMILES string of the molecule is CCc1cc[n+](CC(=O)N2CCN(S(=O)(=O)c3ccc(Cl)cc3)CC2)cc1. The Labute approximate surface area is 165 Å². The van der Waals surface area contributed by atoms with Crippen molar-refractivity contribution < 1.29 is 17.8 Å². The third kappa shape index (κ3) is 4.66. The van der Waals surface area contributed by atoms with Crippen LogP contribution in [0.3, 0.4) is 0 Å². The number of carbonyl (C=O) groups is 1. The number of hydrogen-bond donors (Lipinski definition) is 0. The van der Waals surface area contributed by atoms with Crippen LogP contribution in [0.4, 0.5) is 0 Å². The molecule has 3 rings (SSSR count). The van der Waals surface area contributed by atoms with Crippen molar-refractivity contribution in [3.8, 4) is 0 Å². The van der Waals surface area contributed by atoms with Crippen LogP contribution in [-0.2, 0) is 27.8 Å². The number of benzene rings is 1. The van der Waals surface area contributed by atoms with E-state index < -0.39 is 10.0 Å². The molecular weight excluding hydrogens is 386 g/mol. The van der Waals surface area contributed by atoms with Crippen molar-refractivity contribution in [2.45, 2.75) is 24.8 Å². The Hall–Kier alpha value is -1.96. The lowest BCUT2D eigenvalue weighted by molar-refractivity contribution is -0.685. The summed E-state index contributed by atoms with van der Waals surface area (Å²) in [5, 5.41) is 0.494. The van der Waals surface area contributed by atoms with Crippen LogP contribution in [0.1, 0.15) is 12.5 Å². The number of halogens is 1. The molecule has 8 heteroatoms. The summed E-state index contributed by atoms with van der Waals surface area (Å²) in [6, 6.07) is 10.1. The number of rotatable bonds is 5. The van der Waals surface area contributed by atoms with Crippen LogP contribution in [0.15, 0.2) is 53.7 Å². The maximum atomic E-state index is 12.7. The molecule has 0 atom stereocenters. The lowest BCUT2D eigenvalue weighted by Gasteiger charge is -2.33. The van der Waals surface area contributed by atoms with Crippen molar-refractivity contribution in [1.29, 1.82) is 0 Å². The highest BCUT2D eigenvalue weighted by atomic mass is 35.5. The van der Waals surface area contributed by atoms with Crippen molar-refractivity contribution >= 4 is 27.5 Å². The Morgan fingerprint density at radius 3 is 2.19 bits per heavy atom. The van der Waals surface area contributed by atoms with Crippen molar-refractivity contribution in [2.75, 3.05) is 26.2 Å². The summed E-state index contributed by atoms with van der Waals surface area (Å²) < 4.78 is 28.7. The third-order valence-corrected chi connectivity index (χ3v) is 6.89. The molecule has 2 heterocycles. The number of pyridine rings is 1. The van der Waals surface area contributed by atoms with Gasteiger partial charge in [-0.1, -0.05) is 18.5 Å². The molecule has 0 bridgehead atoms. The Kier molecular flexibility index (Phi) is 6.14. The molecule has 0 N–H and O–H groups in total. The van der Waals surface area contributed by atoms with Crippen LogP contribution >= 0.6 is 11.6 Å². The van der Waals surface area contributed by atoms with Crippen LogP contribution in [0.5, 0.6) is 0 Å². The molecule has 1 saturated heterocycles. The molecule has 1 aromatic carbocycles. The van der Waals surface area contributed by atoms with Crippen LogP contribution in [-0.4, -0.2) is 49.7 Å². The number of amides is 1. The van der Waals surface area contributed by atoms with Crippen molar-refractivity contribution in [3.63, 3.8) is 0 Å². The van der Waals surface area contributed by atoms with E-state index in [4.69, 9.17) is 11.6 Å². The summed E-state index contributed by atoms with van der Waals surface area (Å²) in [4.78, 5) is 14.4. The van der Waals surface area contributed by atoms with Crippen LogP contribution in [0, 0.1) is 0 Å². The van der Waals surface area contributed by atoms with Gasteiger partial charge in [0.2, 0.25) is 16.6 Å². The summed E-state index contributed by atoms with van der Waals surface area (Å²) >= 11 is 5.83. The molecule has 2 aromatic rings. The molecule has 0 aliphatic carbocycles. The van der Waals surface area contributed by atoms with Gasteiger partial charge in [0.15, 0.2) is 12.4 Å². The van der Waals surface area contributed by atoms with Crippen molar-refractivity contribution in [1.82, 2.24) is 9.21 Å². The average Bonchev–Trinajstić information content (AvgIpc) is 2.69. The molecule has 27 heavy (non-hydrogen) atoms. The topological polar surface area (TPSA) is 61.6 Å². The Morgan fingerprint density at radius 2 is 1.63 bits per heavy atom. The molecule has 1 aliphatic rings. The summed E-state index contributed by atoms with van der Waals surface area (Å²) in [7, 11) is -3.56. The lowest BCUT2D eigenvalue weighted by Crippen LogP contribution is -2.53. The standard InChI is InChI=1S/C19H23ClN3O3S/c1-2-16-7-9-21(10-8-16)15-19(24)22-11-13-23(14-12-22)27(25,26)18-5-3-17(20)4-6-18/h3-10H,2,11-15H2,1H3/q+1. The molecule has 1 aromatic heterocycles. The maximum Gasteiger partial charge on any atom is 0.288 e. The van der Waals surface area contributed by atoms with E-state index in [0.717, 1.165) is 6.42 Å². The van der Waals surface area contributed by atoms with Gasteiger partial charge in [0.05, 0.1) is 4.90 Å². The second-order valence-corrected chi connectivity index (χ2v) is 8.85. The Balaban J connectivity index is 1.59. The van der Waals surface area contributed by atoms with Gasteiger partial charge in [-0.2, -0.15) is 8.87 Å². The van der Waals surface area contributed by atoms with Gasteiger partial charge >= 0.3 is 0 Å². The quantitative estimate of drug-likeness (QED) is 0.708. The Bertz CT molecular complexity index is 891. The van der Waals surface area contributed by atoms with E-state index in [1.165, 1.54) is 22.0 Å². The second kappa shape index (κ2) is 8.37. The largest absolute Gasteiger partial charge is 0.335 e. The van der Waals surface area contributed by atoms with E-state index in [2.05, 4.69) is 6.92 Å². The lowest BCUT2D eigenvalue weighted by atomic mass is 10.2. The predicted octanol–water partition coefficient (Wildman–Crippen LogP) is 1.72. The fourth-order valence-corrected chi connectivity index (χ4v) is 4.57. The minimum absolute atomic E-state index is 0.00668. The summed E-state index contributed by atoms with van der Waals surface area (Å²) in [6.45, 7) is 3.70. The van der Waals surface area contributed by atoms with Crippen molar-refractivity contribution in [2.24, 2.45) is 0 Å². The molecule has 0 saturated carbocycles. The highest BCUT2D eigenvalue weighted by Gasteiger charge is 2.30. The first-order valence-electron chi connectivity index (χ1n) is 8.91. The second-order valence-electron chi connectivity index (χ2n) is 6.47. The van der Waals surface area contributed by atoms with E-state index in [0.29, 0.717) is 18.1 Å². The molecule has 1 aliphatic heterocycles. The molecule has 0 unspecified atom stereocenters. The number of hydrogen-bond acceptors (Lipinski definition) is 3. The minimum atomic E-state index is -3.56. The molecule has 1 amide bonds. The number of aromatic nitrogens is 1. The fraction of sp³-hybridized carbons (Fsp3) is 0.368. The van der Waals surface area contributed by atoms with Gasteiger partial charge in [0, 0.05) is 43.3 Å². The molecule has 1 fully saturated rings. The highest BCUT2D eigenvalue weighted by molar-refractivity contribution is 7.89. The minimum Gasteiger partial charge on any atom is -0.335 e. The van der Waals surface area contributed by atoms with Gasteiger partial charge in [-0.3, -0.25) is 4.79 Å². The number of piperazine rings is 1. The molecule has 6 nitrogen and oxygen atoms in total. The maximum absolute atomic E-state index is 12.7. The zero-order valence-electron chi connectivity index (χ0n) is 15.2. The van der Waals surface area contributed by atoms with E-state index in [1.807, 2.05) is 29.1 Å². The molecule has 0 spiro atoms. The normalized spacial score (nSPS) is 15.7. The van der Waals surface area contributed by atoms with Crippen molar-refractivity contribution in [3.05, 3.63) is 59.4 Å². The summed E-state index contributed by atoms with van der Waals surface area (Å²) in [5.41, 5.74) is 1.22. The van der Waals surface area contributed by atoms with Gasteiger partial charge in [-0.05, 0) is 36.2 Å². The van der Waals surface area contributed by atoms with Crippen LogP contribution in [0.2, 0.25) is 5.02 Å². The third-order valence-electron chi connectivity index (χ3n) is 4.73. The van der Waals surface area contributed by atoms with Gasteiger partial charge in [0.1, 0.15) is 0 Å². The van der Waals surface area contributed by atoms with Crippen LogP contribution < -0.4 is 4.57 Å². The van der Waals surface area contributed by atoms with Gasteiger partial charge < -0.3 is 4.90 Å². The first-order chi connectivity index (χ1) is 12.9. The van der Waals surface area contributed by atoms with Gasteiger partial charge in [0.25, 0.3) is 5.91 Å². The smallest absolute Gasteiger partial charge is 0.288 e. The number of nitrogens with zero attached hydrogens (tertiary/aromatic N) is 3. The van der Waals surface area contributed by atoms with E-state index in [1.54, 1.807) is 17.0 Å². The highest BCUT2D eigenvalue weighted by Crippen LogP contribution is 2.19. The average molecular weight is 409 g/mol. The first kappa shape index (κ1) is 19.8. The first-order valence-corrected chi connectivity index (χ1v) is 10.7. The van der Waals surface area contributed by atoms with E-state index in [9.17, 15) is 13.2 Å². The number of carbonyl (C=O) groups excluding carboxylic acids is 1. The van der Waals surface area contributed by atoms with E-state index >= 15 is 0 Å². The number of sulfonamides is 1. The zero-order valence-corrected chi connectivity index (χ0v) is 16.8. The van der Waals surface area contributed by atoms with Crippen LogP contribution in [0.25, 0.3) is 0 Å². The number of aryl methyl sites for hydroxylation is 1. The van der Waals surface area contributed by atoms with Gasteiger partial charge in [-0.15, -0.1) is 0 Å². The Morgan fingerprint density at radius 1 is 1.04 bits per heavy atom. The molecule has 144 valence electrons. The predicted molar refractivity (Wildman–Crippen MR) is 103 cm³/mol. The van der Waals surface area contributed by atoms with Gasteiger partial charge in [-0.25, -0.2) is 8.42 Å². The zero-order chi connectivity index (χ0) is 19.4.